The predicted molar refractivity (Wildman–Crippen MR) is 65.4 cm³/mol. The number of oxazole rings is 1. The summed E-state index contributed by atoms with van der Waals surface area (Å²) in [5.41, 5.74) is 3.12. The van der Waals surface area contributed by atoms with Gasteiger partial charge in [0.05, 0.1) is 0 Å². The molecule has 1 heterocycles. The Balaban J connectivity index is 2.23. The van der Waals surface area contributed by atoms with Gasteiger partial charge in [-0.2, -0.15) is 0 Å². The molecule has 86 valence electrons. The van der Waals surface area contributed by atoms with Gasteiger partial charge in [-0.05, 0) is 30.7 Å². The number of fused-ring (bicyclic) bond motifs is 1. The van der Waals surface area contributed by atoms with E-state index in [1.165, 1.54) is 5.56 Å². The average Bonchev–Trinajstić information content (AvgIpc) is 2.68. The first-order valence-electron chi connectivity index (χ1n) is 5.92. The molecule has 0 bridgehead atoms. The largest absolute Gasteiger partial charge is 0.441 e. The van der Waals surface area contributed by atoms with Gasteiger partial charge < -0.3 is 9.73 Å². The topological polar surface area (TPSA) is 38.1 Å². The summed E-state index contributed by atoms with van der Waals surface area (Å²) < 4.78 is 5.64. The Bertz CT molecular complexity index is 462. The molecule has 0 atom stereocenters. The lowest BCUT2D eigenvalue weighted by atomic mass is 10.2. The third kappa shape index (κ3) is 2.42. The van der Waals surface area contributed by atoms with Crippen molar-refractivity contribution in [2.45, 2.75) is 33.2 Å². The second-order valence-corrected chi connectivity index (χ2v) is 3.94. The highest BCUT2D eigenvalue weighted by molar-refractivity contribution is 5.73. The lowest BCUT2D eigenvalue weighted by Gasteiger charge is -2.00. The maximum Gasteiger partial charge on any atom is 0.195 e. The smallest absolute Gasteiger partial charge is 0.195 e. The fourth-order valence-electron chi connectivity index (χ4n) is 1.72. The van der Waals surface area contributed by atoms with Crippen LogP contribution in [0.15, 0.2) is 22.6 Å². The maximum absolute atomic E-state index is 5.64. The molecule has 16 heavy (non-hydrogen) atoms. The van der Waals surface area contributed by atoms with Gasteiger partial charge in [0, 0.05) is 13.0 Å². The molecule has 2 rings (SSSR count). The Kier molecular flexibility index (Phi) is 3.57. The van der Waals surface area contributed by atoms with Crippen LogP contribution in [0.3, 0.4) is 0 Å². The molecule has 0 radical (unpaired) electrons. The van der Waals surface area contributed by atoms with Gasteiger partial charge in [0.15, 0.2) is 11.5 Å². The van der Waals surface area contributed by atoms with Crippen molar-refractivity contribution in [3.05, 3.63) is 29.7 Å². The monoisotopic (exact) mass is 218 g/mol. The van der Waals surface area contributed by atoms with E-state index in [1.807, 2.05) is 6.07 Å². The minimum Gasteiger partial charge on any atom is -0.441 e. The summed E-state index contributed by atoms with van der Waals surface area (Å²) in [4.78, 5) is 4.48. The van der Waals surface area contributed by atoms with Crippen molar-refractivity contribution in [3.63, 3.8) is 0 Å². The molecule has 0 aliphatic rings. The number of rotatable bonds is 5. The molecule has 0 unspecified atom stereocenters. The maximum atomic E-state index is 5.64. The van der Waals surface area contributed by atoms with Crippen LogP contribution in [0.5, 0.6) is 0 Å². The minimum atomic E-state index is 0.845. The molecule has 0 aliphatic heterocycles. The molecule has 0 saturated carbocycles. The first-order chi connectivity index (χ1) is 7.83. The molecule has 1 N–H and O–H groups in total. The Hall–Kier alpha value is -1.35. The molecule has 0 saturated heterocycles. The number of nitrogens with zero attached hydrogens (tertiary/aromatic N) is 1. The van der Waals surface area contributed by atoms with Gasteiger partial charge in [0.25, 0.3) is 0 Å². The third-order valence-corrected chi connectivity index (χ3v) is 2.54. The molecular weight excluding hydrogens is 200 g/mol. The van der Waals surface area contributed by atoms with Gasteiger partial charge in [-0.3, -0.25) is 0 Å². The quantitative estimate of drug-likeness (QED) is 0.838. The van der Waals surface area contributed by atoms with Crippen LogP contribution in [0.1, 0.15) is 31.7 Å². The van der Waals surface area contributed by atoms with E-state index in [4.69, 9.17) is 4.42 Å². The summed E-state index contributed by atoms with van der Waals surface area (Å²) in [6, 6.07) is 6.20. The van der Waals surface area contributed by atoms with Crippen molar-refractivity contribution < 1.29 is 4.42 Å². The zero-order chi connectivity index (χ0) is 11.4. The lowest BCUT2D eigenvalue weighted by Crippen LogP contribution is -2.11. The van der Waals surface area contributed by atoms with Gasteiger partial charge in [-0.15, -0.1) is 0 Å². The van der Waals surface area contributed by atoms with Crippen molar-refractivity contribution in [2.75, 3.05) is 6.54 Å². The van der Waals surface area contributed by atoms with Crippen LogP contribution in [0, 0.1) is 0 Å². The standard InChI is InChI=1S/C13H18N2O/c1-3-5-13-15-11-8-10(9-14-4-2)6-7-12(11)16-13/h6-8,14H,3-5,9H2,1-2H3. The minimum absolute atomic E-state index is 0.845. The van der Waals surface area contributed by atoms with Crippen molar-refractivity contribution >= 4 is 11.1 Å². The Morgan fingerprint density at radius 1 is 1.31 bits per heavy atom. The van der Waals surface area contributed by atoms with Crippen LogP contribution in [0.25, 0.3) is 11.1 Å². The van der Waals surface area contributed by atoms with Crippen LogP contribution < -0.4 is 5.32 Å². The summed E-state index contributed by atoms with van der Waals surface area (Å²) in [6.45, 7) is 6.11. The van der Waals surface area contributed by atoms with Crippen LogP contribution in [-0.4, -0.2) is 11.5 Å². The summed E-state index contributed by atoms with van der Waals surface area (Å²) in [5.74, 6) is 0.845. The molecule has 0 aliphatic carbocycles. The zero-order valence-electron chi connectivity index (χ0n) is 9.92. The Labute approximate surface area is 95.9 Å². The third-order valence-electron chi connectivity index (χ3n) is 2.54. The van der Waals surface area contributed by atoms with Gasteiger partial charge in [-0.25, -0.2) is 4.98 Å². The van der Waals surface area contributed by atoms with Crippen LogP contribution in [0.4, 0.5) is 0 Å². The summed E-state index contributed by atoms with van der Waals surface area (Å²) in [7, 11) is 0. The summed E-state index contributed by atoms with van der Waals surface area (Å²) >= 11 is 0. The van der Waals surface area contributed by atoms with Gasteiger partial charge in [0.2, 0.25) is 0 Å². The van der Waals surface area contributed by atoms with Crippen molar-refractivity contribution in [1.29, 1.82) is 0 Å². The number of nitrogens with one attached hydrogen (secondary N) is 1. The second kappa shape index (κ2) is 5.12. The lowest BCUT2D eigenvalue weighted by molar-refractivity contribution is 0.525. The van der Waals surface area contributed by atoms with E-state index in [-0.39, 0.29) is 0 Å². The average molecular weight is 218 g/mol. The van der Waals surface area contributed by atoms with E-state index in [0.717, 1.165) is 42.9 Å². The number of hydrogen-bond acceptors (Lipinski definition) is 3. The zero-order valence-corrected chi connectivity index (χ0v) is 9.92. The molecule has 0 spiro atoms. The first-order valence-corrected chi connectivity index (χ1v) is 5.92. The number of aromatic nitrogens is 1. The van der Waals surface area contributed by atoms with Crippen LogP contribution in [-0.2, 0) is 13.0 Å². The fourth-order valence-corrected chi connectivity index (χ4v) is 1.72. The van der Waals surface area contributed by atoms with Crippen molar-refractivity contribution in [1.82, 2.24) is 10.3 Å². The molecule has 1 aromatic carbocycles. The first kappa shape index (κ1) is 11.1. The van der Waals surface area contributed by atoms with E-state index in [1.54, 1.807) is 0 Å². The highest BCUT2D eigenvalue weighted by Crippen LogP contribution is 2.18. The van der Waals surface area contributed by atoms with Crippen molar-refractivity contribution in [2.24, 2.45) is 0 Å². The molecular formula is C13H18N2O. The van der Waals surface area contributed by atoms with Crippen molar-refractivity contribution in [3.8, 4) is 0 Å². The summed E-state index contributed by atoms with van der Waals surface area (Å²) in [6.07, 6.45) is 1.98. The molecule has 3 nitrogen and oxygen atoms in total. The highest BCUT2D eigenvalue weighted by Gasteiger charge is 2.05. The van der Waals surface area contributed by atoms with E-state index < -0.39 is 0 Å². The molecule has 2 aromatic rings. The Morgan fingerprint density at radius 3 is 2.94 bits per heavy atom. The molecule has 1 aromatic heterocycles. The molecule has 0 amide bonds. The number of aryl methyl sites for hydroxylation is 1. The molecule has 3 heteroatoms. The van der Waals surface area contributed by atoms with Gasteiger partial charge in [-0.1, -0.05) is 19.9 Å². The van der Waals surface area contributed by atoms with E-state index in [2.05, 4.69) is 36.3 Å². The molecule has 0 fully saturated rings. The Morgan fingerprint density at radius 2 is 2.19 bits per heavy atom. The van der Waals surface area contributed by atoms with E-state index >= 15 is 0 Å². The number of benzene rings is 1. The normalized spacial score (nSPS) is 11.1. The van der Waals surface area contributed by atoms with Gasteiger partial charge >= 0.3 is 0 Å². The van der Waals surface area contributed by atoms with Crippen LogP contribution in [0.2, 0.25) is 0 Å². The second-order valence-electron chi connectivity index (χ2n) is 3.94. The number of hydrogen-bond donors (Lipinski definition) is 1. The SMILES string of the molecule is CCCc1nc2cc(CNCC)ccc2o1. The van der Waals surface area contributed by atoms with E-state index in [9.17, 15) is 0 Å². The van der Waals surface area contributed by atoms with Crippen LogP contribution >= 0.6 is 0 Å². The predicted octanol–water partition coefficient (Wildman–Crippen LogP) is 2.89. The highest BCUT2D eigenvalue weighted by atomic mass is 16.3. The van der Waals surface area contributed by atoms with E-state index in [0.29, 0.717) is 0 Å². The summed E-state index contributed by atoms with van der Waals surface area (Å²) in [5, 5.41) is 3.30. The fraction of sp³-hybridized carbons (Fsp3) is 0.462. The van der Waals surface area contributed by atoms with Gasteiger partial charge in [0.1, 0.15) is 5.52 Å².